The van der Waals surface area contributed by atoms with Crippen molar-refractivity contribution in [3.05, 3.63) is 78.1 Å². The Kier molecular flexibility index (Phi) is 6.22. The highest BCUT2D eigenvalue weighted by Crippen LogP contribution is 2.15. The molecule has 1 N–H and O–H groups in total. The second-order valence-electron chi connectivity index (χ2n) is 6.61. The van der Waals surface area contributed by atoms with Crippen LogP contribution < -0.4 is 5.32 Å². The van der Waals surface area contributed by atoms with Crippen molar-refractivity contribution in [3.8, 4) is 5.69 Å². The van der Waals surface area contributed by atoms with Crippen molar-refractivity contribution < 1.29 is 9.59 Å². The first kappa shape index (κ1) is 19.4. The van der Waals surface area contributed by atoms with E-state index in [1.54, 1.807) is 17.9 Å². The highest BCUT2D eigenvalue weighted by atomic mass is 16.2. The zero-order valence-corrected chi connectivity index (χ0v) is 16.1. The lowest BCUT2D eigenvalue weighted by Gasteiger charge is -2.17. The Morgan fingerprint density at radius 1 is 1.07 bits per heavy atom. The predicted molar refractivity (Wildman–Crippen MR) is 109 cm³/mol. The number of rotatable bonds is 7. The minimum atomic E-state index is -0.211. The average molecular weight is 376 g/mol. The molecule has 0 saturated carbocycles. The molecule has 0 bridgehead atoms. The van der Waals surface area contributed by atoms with E-state index >= 15 is 0 Å². The number of amides is 2. The maximum Gasteiger partial charge on any atom is 0.243 e. The molecule has 1 aromatic heterocycles. The maximum absolute atomic E-state index is 12.5. The van der Waals surface area contributed by atoms with Gasteiger partial charge in [-0.05, 0) is 35.7 Å². The van der Waals surface area contributed by atoms with Gasteiger partial charge in [-0.15, -0.1) is 0 Å². The molecule has 0 aliphatic carbocycles. The normalized spacial score (nSPS) is 10.5. The van der Waals surface area contributed by atoms with Crippen molar-refractivity contribution in [2.24, 2.45) is 0 Å². The van der Waals surface area contributed by atoms with Gasteiger partial charge in [-0.3, -0.25) is 9.59 Å². The maximum atomic E-state index is 12.5. The summed E-state index contributed by atoms with van der Waals surface area (Å²) in [6.07, 6.45) is 4.54. The van der Waals surface area contributed by atoms with Gasteiger partial charge in [0.05, 0.1) is 24.8 Å². The number of nitrogens with one attached hydrogen (secondary N) is 1. The molecule has 0 saturated heterocycles. The Balaban J connectivity index is 1.56. The number of aromatic nitrogens is 2. The Morgan fingerprint density at radius 3 is 2.54 bits per heavy atom. The third kappa shape index (κ3) is 4.85. The highest BCUT2D eigenvalue weighted by Gasteiger charge is 2.15. The lowest BCUT2D eigenvalue weighted by Crippen LogP contribution is -2.35. The number of nitrogens with zero attached hydrogens (tertiary/aromatic N) is 3. The number of likely N-dealkylation sites (N-methyl/N-ethyl adjacent to an activating group) is 1. The van der Waals surface area contributed by atoms with E-state index in [1.807, 2.05) is 67.7 Å². The van der Waals surface area contributed by atoms with Crippen LogP contribution in [0.25, 0.3) is 5.69 Å². The zero-order chi connectivity index (χ0) is 19.9. The van der Waals surface area contributed by atoms with Gasteiger partial charge in [0.15, 0.2) is 0 Å². The summed E-state index contributed by atoms with van der Waals surface area (Å²) in [5.41, 5.74) is 3.60. The van der Waals surface area contributed by atoms with E-state index < -0.39 is 0 Å². The van der Waals surface area contributed by atoms with Crippen molar-refractivity contribution in [1.82, 2.24) is 14.7 Å². The molecule has 0 atom stereocenters. The smallest absolute Gasteiger partial charge is 0.243 e. The van der Waals surface area contributed by atoms with E-state index in [2.05, 4.69) is 10.4 Å². The topological polar surface area (TPSA) is 67.2 Å². The van der Waals surface area contributed by atoms with Crippen molar-refractivity contribution in [3.63, 3.8) is 0 Å². The van der Waals surface area contributed by atoms with E-state index in [1.165, 1.54) is 4.90 Å². The number of benzene rings is 2. The molecule has 0 aliphatic rings. The van der Waals surface area contributed by atoms with Gasteiger partial charge in [-0.1, -0.05) is 43.3 Å². The first-order valence-electron chi connectivity index (χ1n) is 9.27. The lowest BCUT2D eigenvalue weighted by molar-refractivity contribution is -0.132. The van der Waals surface area contributed by atoms with Crippen molar-refractivity contribution in [1.29, 1.82) is 0 Å². The first-order valence-corrected chi connectivity index (χ1v) is 9.27. The summed E-state index contributed by atoms with van der Waals surface area (Å²) in [5.74, 6) is -0.344. The van der Waals surface area contributed by atoms with E-state index in [9.17, 15) is 9.59 Å². The Labute approximate surface area is 164 Å². The molecule has 2 aromatic carbocycles. The lowest BCUT2D eigenvalue weighted by atomic mass is 10.1. The third-order valence-corrected chi connectivity index (χ3v) is 4.49. The quantitative estimate of drug-likeness (QED) is 0.689. The van der Waals surface area contributed by atoms with Gasteiger partial charge in [0.25, 0.3) is 0 Å². The second kappa shape index (κ2) is 8.99. The first-order chi connectivity index (χ1) is 13.6. The van der Waals surface area contributed by atoms with E-state index in [4.69, 9.17) is 0 Å². The van der Waals surface area contributed by atoms with Crippen LogP contribution in [0.2, 0.25) is 0 Å². The molecule has 28 heavy (non-hydrogen) atoms. The fourth-order valence-electron chi connectivity index (χ4n) is 2.93. The third-order valence-electron chi connectivity index (χ3n) is 4.49. The number of carbonyl (C=O) groups is 2. The Morgan fingerprint density at radius 2 is 1.79 bits per heavy atom. The number of carbonyl (C=O) groups excluding carboxylic acids is 2. The van der Waals surface area contributed by atoms with Crippen molar-refractivity contribution in [2.45, 2.75) is 19.8 Å². The van der Waals surface area contributed by atoms with Crippen LogP contribution >= 0.6 is 0 Å². The van der Waals surface area contributed by atoms with Crippen LogP contribution in [0.4, 0.5) is 5.69 Å². The SMILES string of the molecule is CCc1ccccc1NC(=O)CN(C)C(=O)Cc1cnn(-c2ccccc2)c1. The Hall–Kier alpha value is -3.41. The highest BCUT2D eigenvalue weighted by molar-refractivity contribution is 5.95. The molecule has 0 unspecified atom stereocenters. The molecule has 1 heterocycles. The standard InChI is InChI=1S/C22H24N4O2/c1-3-18-9-7-8-12-20(18)24-21(27)16-25(2)22(28)13-17-14-23-26(15-17)19-10-5-4-6-11-19/h4-12,14-15H,3,13,16H2,1-2H3,(H,24,27). The molecule has 0 fully saturated rings. The molecule has 3 rings (SSSR count). The van der Waals surface area contributed by atoms with Gasteiger partial charge >= 0.3 is 0 Å². The summed E-state index contributed by atoms with van der Waals surface area (Å²) in [5, 5.41) is 7.19. The van der Waals surface area contributed by atoms with Gasteiger partial charge in [0.2, 0.25) is 11.8 Å². The molecule has 0 radical (unpaired) electrons. The summed E-state index contributed by atoms with van der Waals surface area (Å²) in [6, 6.07) is 17.4. The fraction of sp³-hybridized carbons (Fsp3) is 0.227. The van der Waals surface area contributed by atoms with Crippen LogP contribution in [0.1, 0.15) is 18.1 Å². The predicted octanol–water partition coefficient (Wildman–Crippen LogP) is 3.07. The molecule has 3 aromatic rings. The van der Waals surface area contributed by atoms with Gasteiger partial charge in [-0.2, -0.15) is 5.10 Å². The molecular formula is C22H24N4O2. The summed E-state index contributed by atoms with van der Waals surface area (Å²) in [6.45, 7) is 2.04. The average Bonchev–Trinajstić information content (AvgIpc) is 3.17. The van der Waals surface area contributed by atoms with E-state index in [-0.39, 0.29) is 24.8 Å². The fourth-order valence-corrected chi connectivity index (χ4v) is 2.93. The van der Waals surface area contributed by atoms with Crippen LogP contribution in [0, 0.1) is 0 Å². The molecule has 0 aliphatic heterocycles. The molecular weight excluding hydrogens is 352 g/mol. The second-order valence-corrected chi connectivity index (χ2v) is 6.61. The van der Waals surface area contributed by atoms with Gasteiger partial charge in [0, 0.05) is 18.9 Å². The Bertz CT molecular complexity index is 950. The molecule has 6 heteroatoms. The van der Waals surface area contributed by atoms with Gasteiger partial charge in [-0.25, -0.2) is 4.68 Å². The largest absolute Gasteiger partial charge is 0.336 e. The van der Waals surface area contributed by atoms with E-state index in [0.717, 1.165) is 28.9 Å². The number of aryl methyl sites for hydroxylation is 1. The van der Waals surface area contributed by atoms with Crippen LogP contribution in [0.5, 0.6) is 0 Å². The van der Waals surface area contributed by atoms with E-state index in [0.29, 0.717) is 0 Å². The van der Waals surface area contributed by atoms with Crippen molar-refractivity contribution >= 4 is 17.5 Å². The number of para-hydroxylation sites is 2. The molecule has 6 nitrogen and oxygen atoms in total. The minimum Gasteiger partial charge on any atom is -0.336 e. The van der Waals surface area contributed by atoms with Crippen LogP contribution in [0.3, 0.4) is 0 Å². The number of hydrogen-bond acceptors (Lipinski definition) is 3. The molecule has 2 amide bonds. The molecule has 144 valence electrons. The molecule has 0 spiro atoms. The summed E-state index contributed by atoms with van der Waals surface area (Å²) < 4.78 is 1.73. The van der Waals surface area contributed by atoms with Crippen LogP contribution in [0.15, 0.2) is 67.0 Å². The number of anilines is 1. The summed E-state index contributed by atoms with van der Waals surface area (Å²) in [7, 11) is 1.63. The monoisotopic (exact) mass is 376 g/mol. The number of hydrogen-bond donors (Lipinski definition) is 1. The van der Waals surface area contributed by atoms with Crippen LogP contribution in [-0.4, -0.2) is 40.1 Å². The van der Waals surface area contributed by atoms with Gasteiger partial charge < -0.3 is 10.2 Å². The minimum absolute atomic E-state index is 0.00367. The van der Waals surface area contributed by atoms with Crippen LogP contribution in [-0.2, 0) is 22.4 Å². The van der Waals surface area contributed by atoms with Gasteiger partial charge in [0.1, 0.15) is 0 Å². The zero-order valence-electron chi connectivity index (χ0n) is 16.1. The summed E-state index contributed by atoms with van der Waals surface area (Å²) >= 11 is 0. The van der Waals surface area contributed by atoms with Crippen molar-refractivity contribution in [2.75, 3.05) is 18.9 Å². The summed E-state index contributed by atoms with van der Waals surface area (Å²) in [4.78, 5) is 26.2.